The third-order valence-corrected chi connectivity index (χ3v) is 4.92. The molecule has 1 amide bonds. The van der Waals surface area contributed by atoms with Crippen LogP contribution in [0.4, 0.5) is 5.69 Å². The first-order chi connectivity index (χ1) is 12.2. The number of carbonyl (C=O) groups is 1. The molecule has 0 saturated carbocycles. The normalized spacial score (nSPS) is 11.5. The summed E-state index contributed by atoms with van der Waals surface area (Å²) in [4.78, 5) is 14.5. The molecule has 0 radical (unpaired) electrons. The Balaban J connectivity index is 1.84. The molecule has 4 heteroatoms. The number of aryl methyl sites for hydroxylation is 1. The lowest BCUT2D eigenvalue weighted by atomic mass is 10.1. The second kappa shape index (κ2) is 7.70. The van der Waals surface area contributed by atoms with Crippen molar-refractivity contribution in [1.82, 2.24) is 9.47 Å². The Labute approximate surface area is 149 Å². The Morgan fingerprint density at radius 1 is 1.00 bits per heavy atom. The number of para-hydroxylation sites is 1. The second-order valence-corrected chi connectivity index (χ2v) is 6.32. The van der Waals surface area contributed by atoms with Gasteiger partial charge in [0.2, 0.25) is 5.91 Å². The minimum Gasteiger partial charge on any atom is -0.341 e. The molecule has 1 N–H and O–H groups in total. The van der Waals surface area contributed by atoms with Crippen LogP contribution in [0, 0.1) is 0 Å². The van der Waals surface area contributed by atoms with Gasteiger partial charge in [-0.3, -0.25) is 4.79 Å². The average Bonchev–Trinajstić information content (AvgIpc) is 2.95. The van der Waals surface area contributed by atoms with E-state index in [1.54, 1.807) is 0 Å². The Hall–Kier alpha value is -2.33. The largest absolute Gasteiger partial charge is 0.341 e. The zero-order chi connectivity index (χ0) is 17.8. The van der Waals surface area contributed by atoms with Crippen LogP contribution in [0.2, 0.25) is 0 Å². The summed E-state index contributed by atoms with van der Waals surface area (Å²) in [5.41, 5.74) is 3.32. The molecule has 1 aromatic heterocycles. The summed E-state index contributed by atoms with van der Waals surface area (Å²) >= 11 is 0. The molecule has 2 aromatic carbocycles. The first-order valence-electron chi connectivity index (χ1n) is 9.21. The van der Waals surface area contributed by atoms with Gasteiger partial charge in [-0.1, -0.05) is 32.0 Å². The molecule has 0 aliphatic heterocycles. The van der Waals surface area contributed by atoms with Crippen molar-refractivity contribution in [2.45, 2.75) is 33.7 Å². The van der Waals surface area contributed by atoms with E-state index in [-0.39, 0.29) is 5.91 Å². The van der Waals surface area contributed by atoms with Crippen LogP contribution in [-0.2, 0) is 11.3 Å². The number of anilines is 1. The third kappa shape index (κ3) is 3.54. The predicted molar refractivity (Wildman–Crippen MR) is 106 cm³/mol. The molecule has 0 saturated heterocycles. The van der Waals surface area contributed by atoms with Gasteiger partial charge in [0.15, 0.2) is 0 Å². The Bertz CT molecular complexity index is 877. The predicted octanol–water partition coefficient (Wildman–Crippen LogP) is 4.48. The standard InChI is InChI=1S/C21H27N3O/c1-4-23(5-2)14-13-21(25)22-16-11-12-20-18(15-16)17-9-7-8-10-19(17)24(20)6-3/h7-12,15H,4-6,13-14H2,1-3H3,(H,22,25). The van der Waals surface area contributed by atoms with Crippen molar-refractivity contribution in [2.75, 3.05) is 25.0 Å². The highest BCUT2D eigenvalue weighted by Gasteiger charge is 2.11. The molecule has 1 heterocycles. The van der Waals surface area contributed by atoms with Gasteiger partial charge in [-0.15, -0.1) is 0 Å². The SMILES string of the molecule is CCN(CC)CCC(=O)Nc1ccc2c(c1)c1ccccc1n2CC. The van der Waals surface area contributed by atoms with Gasteiger partial charge < -0.3 is 14.8 Å². The van der Waals surface area contributed by atoms with Crippen molar-refractivity contribution in [3.05, 3.63) is 42.5 Å². The zero-order valence-corrected chi connectivity index (χ0v) is 15.4. The fourth-order valence-electron chi connectivity index (χ4n) is 3.50. The van der Waals surface area contributed by atoms with Crippen molar-refractivity contribution in [3.63, 3.8) is 0 Å². The lowest BCUT2D eigenvalue weighted by Gasteiger charge is -2.17. The highest BCUT2D eigenvalue weighted by atomic mass is 16.1. The molecule has 132 valence electrons. The molecular weight excluding hydrogens is 310 g/mol. The minimum absolute atomic E-state index is 0.0745. The van der Waals surface area contributed by atoms with Gasteiger partial charge in [0.1, 0.15) is 0 Å². The summed E-state index contributed by atoms with van der Waals surface area (Å²) < 4.78 is 2.32. The number of hydrogen-bond acceptors (Lipinski definition) is 2. The van der Waals surface area contributed by atoms with Crippen LogP contribution >= 0.6 is 0 Å². The van der Waals surface area contributed by atoms with Crippen LogP contribution in [0.1, 0.15) is 27.2 Å². The lowest BCUT2D eigenvalue weighted by molar-refractivity contribution is -0.116. The van der Waals surface area contributed by atoms with Gasteiger partial charge in [-0.2, -0.15) is 0 Å². The summed E-state index contributed by atoms with van der Waals surface area (Å²) in [6.07, 6.45) is 0.524. The number of rotatable bonds is 7. The number of nitrogens with one attached hydrogen (secondary N) is 1. The molecule has 0 bridgehead atoms. The van der Waals surface area contributed by atoms with Crippen molar-refractivity contribution < 1.29 is 4.79 Å². The average molecular weight is 337 g/mol. The molecular formula is C21H27N3O. The molecule has 3 rings (SSSR count). The fourth-order valence-corrected chi connectivity index (χ4v) is 3.50. The van der Waals surface area contributed by atoms with Crippen molar-refractivity contribution in [3.8, 4) is 0 Å². The summed E-state index contributed by atoms with van der Waals surface area (Å²) in [6.45, 7) is 10.1. The van der Waals surface area contributed by atoms with E-state index < -0.39 is 0 Å². The van der Waals surface area contributed by atoms with Crippen LogP contribution in [0.5, 0.6) is 0 Å². The lowest BCUT2D eigenvalue weighted by Crippen LogP contribution is -2.27. The number of amides is 1. The monoisotopic (exact) mass is 337 g/mol. The number of benzene rings is 2. The number of fused-ring (bicyclic) bond motifs is 3. The summed E-state index contributed by atoms with van der Waals surface area (Å²) in [5, 5.41) is 5.48. The molecule has 0 atom stereocenters. The van der Waals surface area contributed by atoms with E-state index in [0.717, 1.165) is 31.9 Å². The van der Waals surface area contributed by atoms with Crippen LogP contribution in [0.15, 0.2) is 42.5 Å². The van der Waals surface area contributed by atoms with E-state index in [1.165, 1.54) is 21.8 Å². The maximum Gasteiger partial charge on any atom is 0.225 e. The van der Waals surface area contributed by atoms with Crippen LogP contribution in [0.3, 0.4) is 0 Å². The molecule has 0 spiro atoms. The van der Waals surface area contributed by atoms with Crippen LogP contribution in [-0.4, -0.2) is 35.0 Å². The van der Waals surface area contributed by atoms with E-state index in [2.05, 4.69) is 72.0 Å². The maximum atomic E-state index is 12.3. The highest BCUT2D eigenvalue weighted by Crippen LogP contribution is 2.30. The minimum atomic E-state index is 0.0745. The van der Waals surface area contributed by atoms with Crippen LogP contribution in [0.25, 0.3) is 21.8 Å². The third-order valence-electron chi connectivity index (χ3n) is 4.92. The summed E-state index contributed by atoms with van der Waals surface area (Å²) in [7, 11) is 0. The molecule has 3 aromatic rings. The van der Waals surface area contributed by atoms with E-state index in [9.17, 15) is 4.79 Å². The molecule has 25 heavy (non-hydrogen) atoms. The van der Waals surface area contributed by atoms with Crippen molar-refractivity contribution >= 4 is 33.4 Å². The number of nitrogens with zero attached hydrogens (tertiary/aromatic N) is 2. The van der Waals surface area contributed by atoms with Gasteiger partial charge >= 0.3 is 0 Å². The Morgan fingerprint density at radius 3 is 2.44 bits per heavy atom. The first-order valence-corrected chi connectivity index (χ1v) is 9.21. The van der Waals surface area contributed by atoms with Gasteiger partial charge in [-0.05, 0) is 44.3 Å². The van der Waals surface area contributed by atoms with E-state index >= 15 is 0 Å². The van der Waals surface area contributed by atoms with E-state index in [0.29, 0.717) is 6.42 Å². The molecule has 4 nitrogen and oxygen atoms in total. The first kappa shape index (κ1) is 17.5. The number of carbonyl (C=O) groups excluding carboxylic acids is 1. The van der Waals surface area contributed by atoms with Crippen molar-refractivity contribution in [2.24, 2.45) is 0 Å². The summed E-state index contributed by atoms with van der Waals surface area (Å²) in [6, 6.07) is 14.7. The zero-order valence-electron chi connectivity index (χ0n) is 15.4. The van der Waals surface area contributed by atoms with Gasteiger partial charge in [0, 0.05) is 47.0 Å². The van der Waals surface area contributed by atoms with Gasteiger partial charge in [0.25, 0.3) is 0 Å². The fraction of sp³-hybridized carbons (Fsp3) is 0.381. The quantitative estimate of drug-likeness (QED) is 0.690. The number of hydrogen-bond donors (Lipinski definition) is 1. The molecule has 0 aliphatic carbocycles. The topological polar surface area (TPSA) is 37.3 Å². The van der Waals surface area contributed by atoms with E-state index in [4.69, 9.17) is 0 Å². The number of aromatic nitrogens is 1. The maximum absolute atomic E-state index is 12.3. The second-order valence-electron chi connectivity index (χ2n) is 6.32. The van der Waals surface area contributed by atoms with Crippen molar-refractivity contribution in [1.29, 1.82) is 0 Å². The Morgan fingerprint density at radius 2 is 1.72 bits per heavy atom. The van der Waals surface area contributed by atoms with E-state index in [1.807, 2.05) is 6.07 Å². The van der Waals surface area contributed by atoms with Crippen LogP contribution < -0.4 is 5.32 Å². The smallest absolute Gasteiger partial charge is 0.225 e. The molecule has 0 unspecified atom stereocenters. The Kier molecular flexibility index (Phi) is 5.39. The highest BCUT2D eigenvalue weighted by molar-refractivity contribution is 6.09. The summed E-state index contributed by atoms with van der Waals surface area (Å²) in [5.74, 6) is 0.0745. The van der Waals surface area contributed by atoms with Gasteiger partial charge in [0.05, 0.1) is 0 Å². The molecule has 0 fully saturated rings. The molecule has 0 aliphatic rings. The van der Waals surface area contributed by atoms with Gasteiger partial charge in [-0.25, -0.2) is 0 Å².